The number of hydrogen-bond donors (Lipinski definition) is 1. The largest absolute Gasteiger partial charge is 0.466 e. The Balaban J connectivity index is 1.71. The predicted molar refractivity (Wildman–Crippen MR) is 133 cm³/mol. The fourth-order valence-electron chi connectivity index (χ4n) is 3.80. The van der Waals surface area contributed by atoms with Crippen LogP contribution in [0.3, 0.4) is 0 Å². The van der Waals surface area contributed by atoms with Crippen molar-refractivity contribution in [2.75, 3.05) is 12.4 Å². The lowest BCUT2D eigenvalue weighted by Gasteiger charge is -2.28. The van der Waals surface area contributed by atoms with Gasteiger partial charge in [0.25, 0.3) is 0 Å². The molecule has 1 unspecified atom stereocenters. The third kappa shape index (κ3) is 4.80. The van der Waals surface area contributed by atoms with Crippen LogP contribution in [0.25, 0.3) is 0 Å². The molecule has 1 aliphatic rings. The Hall–Kier alpha value is -2.77. The van der Waals surface area contributed by atoms with Gasteiger partial charge >= 0.3 is 5.97 Å². The number of methoxy groups -OCH3 is 1. The number of benzene rings is 2. The molecule has 6 nitrogen and oxygen atoms in total. The van der Waals surface area contributed by atoms with Crippen molar-refractivity contribution in [3.63, 3.8) is 0 Å². The van der Waals surface area contributed by atoms with Crippen LogP contribution in [-0.2, 0) is 20.7 Å². The van der Waals surface area contributed by atoms with Crippen LogP contribution in [0.5, 0.6) is 0 Å². The minimum Gasteiger partial charge on any atom is -0.466 e. The lowest BCUT2D eigenvalue weighted by atomic mass is 9.85. The van der Waals surface area contributed by atoms with Crippen molar-refractivity contribution in [2.45, 2.75) is 50.1 Å². The number of thioether (sulfide) groups is 1. The maximum Gasteiger partial charge on any atom is 0.338 e. The highest BCUT2D eigenvalue weighted by atomic mass is 35.5. The second-order valence-corrected chi connectivity index (χ2v) is 10.3. The molecule has 1 N–H and O–H groups in total. The van der Waals surface area contributed by atoms with E-state index in [2.05, 4.69) is 55.3 Å². The molecule has 1 atom stereocenters. The smallest absolute Gasteiger partial charge is 0.338 e. The number of hydrogen-bond acceptors (Lipinski definition) is 6. The molecule has 0 amide bonds. The van der Waals surface area contributed by atoms with Crippen LogP contribution in [0.1, 0.15) is 50.4 Å². The first-order chi connectivity index (χ1) is 15.7. The quantitative estimate of drug-likeness (QED) is 0.356. The lowest BCUT2D eigenvalue weighted by Crippen LogP contribution is -2.29. The first-order valence-electron chi connectivity index (χ1n) is 10.7. The highest BCUT2D eigenvalue weighted by Crippen LogP contribution is 2.38. The molecular weight excluding hydrogens is 456 g/mol. The van der Waals surface area contributed by atoms with Crippen LogP contribution < -0.4 is 5.32 Å². The fraction of sp³-hybridized carbons (Fsp3) is 0.320. The number of halogens is 1. The summed E-state index contributed by atoms with van der Waals surface area (Å²) < 4.78 is 6.88. The average Bonchev–Trinajstić information content (AvgIpc) is 3.19. The number of nitrogens with zero attached hydrogens (tertiary/aromatic N) is 3. The van der Waals surface area contributed by atoms with Gasteiger partial charge in [0.2, 0.25) is 11.1 Å². The van der Waals surface area contributed by atoms with Gasteiger partial charge in [-0.05, 0) is 35.1 Å². The van der Waals surface area contributed by atoms with Gasteiger partial charge in [0.15, 0.2) is 0 Å². The fourth-order valence-corrected chi connectivity index (χ4v) is 4.91. The van der Waals surface area contributed by atoms with E-state index in [-0.39, 0.29) is 5.41 Å². The summed E-state index contributed by atoms with van der Waals surface area (Å²) in [7, 11) is 1.39. The van der Waals surface area contributed by atoms with Crippen LogP contribution in [0.2, 0.25) is 5.02 Å². The Bertz CT molecular complexity index is 1210. The number of nitrogens with one attached hydrogen (secondary N) is 1. The Kier molecular flexibility index (Phi) is 6.54. The number of anilines is 1. The number of carbonyl (C=O) groups excluding carboxylic acids is 1. The van der Waals surface area contributed by atoms with E-state index >= 15 is 0 Å². The van der Waals surface area contributed by atoms with Crippen LogP contribution in [0.4, 0.5) is 5.95 Å². The minimum atomic E-state index is -0.440. The first-order valence-corrected chi connectivity index (χ1v) is 12.0. The number of ether oxygens (including phenoxy) is 1. The normalized spacial score (nSPS) is 15.8. The van der Waals surface area contributed by atoms with E-state index in [1.807, 2.05) is 31.2 Å². The molecule has 0 radical (unpaired) electrons. The van der Waals surface area contributed by atoms with Crippen molar-refractivity contribution in [1.29, 1.82) is 0 Å². The zero-order chi connectivity index (χ0) is 23.8. The van der Waals surface area contributed by atoms with Gasteiger partial charge in [-0.3, -0.25) is 0 Å². The van der Waals surface area contributed by atoms with E-state index in [0.717, 1.165) is 16.1 Å². The Morgan fingerprint density at radius 1 is 1.18 bits per heavy atom. The number of allylic oxidation sites excluding steroid dienone is 1. The van der Waals surface area contributed by atoms with Crippen molar-refractivity contribution in [2.24, 2.45) is 0 Å². The summed E-state index contributed by atoms with van der Waals surface area (Å²) in [6.45, 7) is 8.38. The minimum absolute atomic E-state index is 0.0323. The van der Waals surface area contributed by atoms with Crippen molar-refractivity contribution >= 4 is 35.3 Å². The predicted octanol–water partition coefficient (Wildman–Crippen LogP) is 5.98. The van der Waals surface area contributed by atoms with Crippen LogP contribution in [0, 0.1) is 0 Å². The second kappa shape index (κ2) is 9.23. The van der Waals surface area contributed by atoms with Crippen molar-refractivity contribution in [3.05, 3.63) is 81.5 Å². The van der Waals surface area contributed by atoms with Gasteiger partial charge in [-0.1, -0.05) is 86.6 Å². The summed E-state index contributed by atoms with van der Waals surface area (Å²) in [5, 5.41) is 9.29. The van der Waals surface area contributed by atoms with E-state index in [1.165, 1.54) is 24.4 Å². The number of esters is 1. The molecule has 3 aromatic rings. The van der Waals surface area contributed by atoms with E-state index in [9.17, 15) is 4.79 Å². The van der Waals surface area contributed by atoms with Crippen molar-refractivity contribution < 1.29 is 9.53 Å². The summed E-state index contributed by atoms with van der Waals surface area (Å²) in [5.41, 5.74) is 4.43. The lowest BCUT2D eigenvalue weighted by molar-refractivity contribution is -0.136. The number of rotatable bonds is 5. The summed E-state index contributed by atoms with van der Waals surface area (Å²) in [4.78, 5) is 17.4. The maximum absolute atomic E-state index is 12.8. The third-order valence-corrected chi connectivity index (χ3v) is 6.90. The monoisotopic (exact) mass is 482 g/mol. The molecule has 0 fully saturated rings. The average molecular weight is 483 g/mol. The molecule has 2 heterocycles. The topological polar surface area (TPSA) is 69.0 Å². The maximum atomic E-state index is 12.8. The Labute approximate surface area is 203 Å². The number of aromatic nitrogens is 3. The molecule has 1 aliphatic heterocycles. The first kappa shape index (κ1) is 23.4. The Morgan fingerprint density at radius 2 is 1.88 bits per heavy atom. The molecule has 33 heavy (non-hydrogen) atoms. The molecule has 1 aromatic heterocycles. The highest BCUT2D eigenvalue weighted by Gasteiger charge is 2.35. The molecule has 172 valence electrons. The highest BCUT2D eigenvalue weighted by molar-refractivity contribution is 7.98. The van der Waals surface area contributed by atoms with Crippen LogP contribution >= 0.6 is 23.4 Å². The number of carbonyl (C=O) groups is 1. The summed E-state index contributed by atoms with van der Waals surface area (Å²) >= 11 is 7.80. The molecule has 0 bridgehead atoms. The van der Waals surface area contributed by atoms with Gasteiger partial charge in [-0.15, -0.1) is 5.10 Å². The molecule has 2 aromatic carbocycles. The summed E-state index contributed by atoms with van der Waals surface area (Å²) in [5.74, 6) is 0.840. The van der Waals surface area contributed by atoms with Gasteiger partial charge in [-0.2, -0.15) is 4.98 Å². The van der Waals surface area contributed by atoms with Crippen LogP contribution in [-0.4, -0.2) is 27.8 Å². The summed E-state index contributed by atoms with van der Waals surface area (Å²) in [6.07, 6.45) is 0. The third-order valence-electron chi connectivity index (χ3n) is 5.65. The molecule has 8 heteroatoms. The molecule has 0 aliphatic carbocycles. The van der Waals surface area contributed by atoms with E-state index in [0.29, 0.717) is 28.1 Å². The van der Waals surface area contributed by atoms with Crippen LogP contribution in [0.15, 0.2) is 65.0 Å². The van der Waals surface area contributed by atoms with Gasteiger partial charge in [0.05, 0.1) is 12.7 Å². The van der Waals surface area contributed by atoms with Gasteiger partial charge in [0, 0.05) is 16.5 Å². The number of fused-ring (bicyclic) bond motifs is 1. The van der Waals surface area contributed by atoms with E-state index in [1.54, 1.807) is 4.68 Å². The van der Waals surface area contributed by atoms with Gasteiger partial charge in [0.1, 0.15) is 6.04 Å². The Morgan fingerprint density at radius 3 is 2.52 bits per heavy atom. The molecule has 4 rings (SSSR count). The standard InChI is InChI=1S/C25H27ClN4O2S/c1-15-20(22(31)32-5)21(16-10-12-18(13-11-16)25(2,3)4)30-23(27-15)28-24(29-30)33-14-17-8-6-7-9-19(17)26/h6-13,21H,14H2,1-5H3,(H,27,28,29). The zero-order valence-corrected chi connectivity index (χ0v) is 20.9. The molecule has 0 saturated heterocycles. The van der Waals surface area contributed by atoms with Crippen molar-refractivity contribution in [1.82, 2.24) is 14.8 Å². The molecule has 0 saturated carbocycles. The zero-order valence-electron chi connectivity index (χ0n) is 19.3. The molecular formula is C25H27ClN4O2S. The van der Waals surface area contributed by atoms with E-state index in [4.69, 9.17) is 21.4 Å². The van der Waals surface area contributed by atoms with E-state index < -0.39 is 12.0 Å². The molecule has 0 spiro atoms. The van der Waals surface area contributed by atoms with Gasteiger partial charge < -0.3 is 10.1 Å². The SMILES string of the molecule is COC(=O)C1=C(C)Nc2nc(SCc3ccccc3Cl)nn2C1c1ccc(C(C)(C)C)cc1. The van der Waals surface area contributed by atoms with Gasteiger partial charge in [-0.25, -0.2) is 9.48 Å². The second-order valence-electron chi connectivity index (χ2n) is 8.97. The van der Waals surface area contributed by atoms with Crippen molar-refractivity contribution in [3.8, 4) is 0 Å². The summed E-state index contributed by atoms with van der Waals surface area (Å²) in [6, 6.07) is 15.6.